The highest BCUT2D eigenvalue weighted by Crippen LogP contribution is 2.37. The van der Waals surface area contributed by atoms with Crippen molar-refractivity contribution in [3.8, 4) is 11.3 Å². The molecule has 5 atom stereocenters. The van der Waals surface area contributed by atoms with E-state index in [1.807, 2.05) is 22.1 Å². The van der Waals surface area contributed by atoms with Gasteiger partial charge < -0.3 is 45.5 Å². The second-order valence-electron chi connectivity index (χ2n) is 14.9. The minimum atomic E-state index is -0.685. The fourth-order valence-electron chi connectivity index (χ4n) is 8.41. The van der Waals surface area contributed by atoms with Crippen LogP contribution in [-0.4, -0.2) is 100 Å². The van der Waals surface area contributed by atoms with Crippen LogP contribution in [-0.2, 0) is 19.1 Å². The number of fused-ring (bicyclic) bond motifs is 2. The van der Waals surface area contributed by atoms with Crippen molar-refractivity contribution >= 4 is 51.5 Å². The van der Waals surface area contributed by atoms with E-state index in [1.165, 1.54) is 14.2 Å². The highest BCUT2D eigenvalue weighted by atomic mass is 16.5. The number of aromatic amines is 1. The van der Waals surface area contributed by atoms with Crippen LogP contribution in [0, 0.1) is 5.92 Å². The van der Waals surface area contributed by atoms with Crippen LogP contribution in [0.3, 0.4) is 0 Å². The number of imidazole rings is 1. The minimum Gasteiger partial charge on any atom is -0.453 e. The quantitative estimate of drug-likeness (QED) is 0.163. The number of hydrogen-bond donors (Lipinski definition) is 5. The van der Waals surface area contributed by atoms with Crippen molar-refractivity contribution in [3.05, 3.63) is 66.2 Å². The van der Waals surface area contributed by atoms with Gasteiger partial charge in [0.15, 0.2) is 0 Å². The maximum Gasteiger partial charge on any atom is 0.407 e. The summed E-state index contributed by atoms with van der Waals surface area (Å²) < 4.78 is 9.50. The Morgan fingerprint density at radius 1 is 0.836 bits per heavy atom. The lowest BCUT2D eigenvalue weighted by Gasteiger charge is -2.36. The fourth-order valence-corrected chi connectivity index (χ4v) is 8.41. The van der Waals surface area contributed by atoms with Gasteiger partial charge in [-0.25, -0.2) is 14.6 Å². The van der Waals surface area contributed by atoms with E-state index < -0.39 is 24.3 Å². The third-order valence-corrected chi connectivity index (χ3v) is 11.6. The number of methoxy groups -OCH3 is 2. The summed E-state index contributed by atoms with van der Waals surface area (Å²) in [6.07, 6.45) is 8.62. The Labute approximate surface area is 318 Å². The van der Waals surface area contributed by atoms with Crippen molar-refractivity contribution in [2.45, 2.75) is 82.2 Å². The number of H-pyrrole nitrogens is 1. The largest absolute Gasteiger partial charge is 0.453 e. The van der Waals surface area contributed by atoms with E-state index in [0.29, 0.717) is 13.1 Å². The number of carbonyl (C=O) groups is 4. The first-order valence-electron chi connectivity index (χ1n) is 19.1. The lowest BCUT2D eigenvalue weighted by molar-refractivity contribution is -0.136. The van der Waals surface area contributed by atoms with Crippen LogP contribution in [0.15, 0.2) is 54.9 Å². The molecular weight excluding hydrogens is 702 g/mol. The number of aromatic nitrogens is 3. The van der Waals surface area contributed by atoms with Crippen molar-refractivity contribution in [1.29, 1.82) is 0 Å². The minimum absolute atomic E-state index is 0.0687. The van der Waals surface area contributed by atoms with E-state index in [9.17, 15) is 19.2 Å². The second kappa shape index (κ2) is 15.1. The number of likely N-dealkylation sites (tertiary alicyclic amines) is 2. The molecule has 2 aromatic carbocycles. The summed E-state index contributed by atoms with van der Waals surface area (Å²) in [6.45, 7) is 2.91. The molecule has 5 heterocycles. The maximum absolute atomic E-state index is 13.8. The highest BCUT2D eigenvalue weighted by molar-refractivity contribution is 5.91. The van der Waals surface area contributed by atoms with E-state index in [4.69, 9.17) is 14.7 Å². The van der Waals surface area contributed by atoms with E-state index in [2.05, 4.69) is 67.4 Å². The monoisotopic (exact) mass is 749 g/mol. The molecule has 4 amide bonds. The number of benzene rings is 2. The molecule has 4 aromatic rings. The molecule has 0 radical (unpaired) electrons. The molecule has 288 valence electrons. The molecule has 0 spiro atoms. The zero-order valence-electron chi connectivity index (χ0n) is 31.3. The molecule has 15 nitrogen and oxygen atoms in total. The van der Waals surface area contributed by atoms with Crippen molar-refractivity contribution in [2.75, 3.05) is 27.3 Å². The van der Waals surface area contributed by atoms with Gasteiger partial charge in [0, 0.05) is 24.9 Å². The average Bonchev–Trinajstić information content (AvgIpc) is 4.01. The highest BCUT2D eigenvalue weighted by Gasteiger charge is 2.42. The van der Waals surface area contributed by atoms with E-state index in [-0.39, 0.29) is 36.0 Å². The number of carbonyl (C=O) groups excluding carboxylic acids is 4. The van der Waals surface area contributed by atoms with Crippen molar-refractivity contribution < 1.29 is 28.7 Å². The molecule has 3 aliphatic heterocycles. The lowest BCUT2D eigenvalue weighted by Crippen LogP contribution is -2.55. The van der Waals surface area contributed by atoms with Crippen LogP contribution in [0.4, 0.5) is 9.59 Å². The van der Waals surface area contributed by atoms with Crippen molar-refractivity contribution in [3.63, 3.8) is 0 Å². The van der Waals surface area contributed by atoms with Crippen molar-refractivity contribution in [2.24, 2.45) is 5.92 Å². The summed E-state index contributed by atoms with van der Waals surface area (Å²) in [6, 6.07) is 13.0. The van der Waals surface area contributed by atoms with Gasteiger partial charge in [-0.05, 0) is 85.9 Å². The molecule has 2 aromatic heterocycles. The molecule has 2 saturated heterocycles. The van der Waals surface area contributed by atoms with Crippen LogP contribution >= 0.6 is 0 Å². The van der Waals surface area contributed by atoms with Crippen LogP contribution in [0.2, 0.25) is 0 Å². The van der Waals surface area contributed by atoms with Gasteiger partial charge in [-0.15, -0.1) is 0 Å². The topological polar surface area (TPSA) is 183 Å². The summed E-state index contributed by atoms with van der Waals surface area (Å²) in [5.74, 6) is 0.620. The third kappa shape index (κ3) is 7.10. The smallest absolute Gasteiger partial charge is 0.407 e. The normalized spacial score (nSPS) is 22.0. The molecule has 5 N–H and O–H groups in total. The number of nitrogens with zero attached hydrogens (tertiary/aromatic N) is 4. The maximum atomic E-state index is 13.8. The molecule has 15 heteroatoms. The molecule has 55 heavy (non-hydrogen) atoms. The van der Waals surface area contributed by atoms with E-state index in [1.54, 1.807) is 13.1 Å². The summed E-state index contributed by atoms with van der Waals surface area (Å²) >= 11 is 0. The van der Waals surface area contributed by atoms with Crippen LogP contribution in [0.5, 0.6) is 0 Å². The Morgan fingerprint density at radius 3 is 2.29 bits per heavy atom. The SMILES string of the molecule is COC(=O)N[C@@H](C)C(=O)N1CCC[C@H]1C1NC=C(c2ccc3cc(-c4cc5nc([C@@H]6CCCN6C(=O)[C@@H](NC(=O)OC)C6CCC6)[nH]c5cn4)ccc3c2)N1. The van der Waals surface area contributed by atoms with Crippen LogP contribution in [0.25, 0.3) is 38.8 Å². The molecule has 8 rings (SSSR count). The predicted octanol–water partition coefficient (Wildman–Crippen LogP) is 4.52. The number of rotatable bonds is 9. The summed E-state index contributed by atoms with van der Waals surface area (Å²) in [5, 5.41) is 14.5. The predicted molar refractivity (Wildman–Crippen MR) is 205 cm³/mol. The first kappa shape index (κ1) is 36.1. The Balaban J connectivity index is 0.948. The summed E-state index contributed by atoms with van der Waals surface area (Å²) in [5.41, 5.74) is 5.29. The Morgan fingerprint density at radius 2 is 1.55 bits per heavy atom. The summed E-state index contributed by atoms with van der Waals surface area (Å²) in [4.78, 5) is 67.6. The number of hydrogen-bond acceptors (Lipinski definition) is 10. The van der Waals surface area contributed by atoms with Gasteiger partial charge >= 0.3 is 12.2 Å². The zero-order chi connectivity index (χ0) is 38.2. The van der Waals surface area contributed by atoms with Crippen LogP contribution < -0.4 is 21.3 Å². The number of nitrogens with one attached hydrogen (secondary N) is 5. The molecule has 3 fully saturated rings. The molecule has 1 unspecified atom stereocenters. The van der Waals surface area contributed by atoms with Crippen molar-refractivity contribution in [1.82, 2.24) is 46.0 Å². The average molecular weight is 750 g/mol. The first-order valence-corrected chi connectivity index (χ1v) is 19.1. The summed E-state index contributed by atoms with van der Waals surface area (Å²) in [7, 11) is 2.60. The first-order chi connectivity index (χ1) is 26.7. The van der Waals surface area contributed by atoms with Gasteiger partial charge in [0.05, 0.1) is 54.9 Å². The lowest BCUT2D eigenvalue weighted by atomic mass is 9.79. The molecule has 1 aliphatic carbocycles. The third-order valence-electron chi connectivity index (χ3n) is 11.6. The van der Waals surface area contributed by atoms with Gasteiger partial charge in [-0.3, -0.25) is 14.6 Å². The van der Waals surface area contributed by atoms with Gasteiger partial charge in [-0.2, -0.15) is 0 Å². The Kier molecular flexibility index (Phi) is 9.93. The molecule has 4 aliphatic rings. The number of amides is 4. The van der Waals surface area contributed by atoms with Gasteiger partial charge in [0.1, 0.15) is 24.1 Å². The molecule has 0 bridgehead atoms. The van der Waals surface area contributed by atoms with Gasteiger partial charge in [-0.1, -0.05) is 30.7 Å². The van der Waals surface area contributed by atoms with E-state index in [0.717, 1.165) is 95.1 Å². The van der Waals surface area contributed by atoms with Gasteiger partial charge in [0.2, 0.25) is 11.8 Å². The second-order valence-corrected chi connectivity index (χ2v) is 14.9. The molecule has 1 saturated carbocycles. The standard InChI is InChI=1S/C40H47N9O6/c1-22(43-39(52)54-2)37(50)48-15-5-9-32(48)35-42-20-30(45-35)27-14-12-24-17-26(13-11-25(24)18-27)28-19-29-31(21-41-28)46-36(44-29)33-10-6-16-49(33)38(51)34(23-7-4-8-23)47-40(53)55-3/h11-14,17-23,32-35,42,45H,4-10,15-16H2,1-3H3,(H,43,52)(H,44,46)(H,47,53)/t22-,32-,33-,34-,35?/m0/s1. The van der Waals surface area contributed by atoms with E-state index >= 15 is 0 Å². The zero-order valence-corrected chi connectivity index (χ0v) is 31.3. The Bertz CT molecular complexity index is 2160. The number of alkyl carbamates (subject to hydrolysis) is 2. The fraction of sp³-hybridized carbons (Fsp3) is 0.450. The molecular formula is C40H47N9O6. The van der Waals surface area contributed by atoms with Gasteiger partial charge in [0.25, 0.3) is 0 Å². The van der Waals surface area contributed by atoms with Crippen LogP contribution in [0.1, 0.15) is 69.3 Å². The number of ether oxygens (including phenoxy) is 2. The Hall–Kier alpha value is -5.86. The number of pyridine rings is 1.